The fourth-order valence-corrected chi connectivity index (χ4v) is 2.44. The zero-order valence-corrected chi connectivity index (χ0v) is 14.1. The van der Waals surface area contributed by atoms with E-state index in [1.807, 2.05) is 0 Å². The number of rotatable bonds is 2. The van der Waals surface area contributed by atoms with Gasteiger partial charge in [-0.3, -0.25) is 0 Å². The van der Waals surface area contributed by atoms with Gasteiger partial charge in [0.1, 0.15) is 0 Å². The Morgan fingerprint density at radius 2 is 1.00 bits per heavy atom. The van der Waals surface area contributed by atoms with Crippen LogP contribution in [0.2, 0.25) is 0 Å². The third-order valence-electron chi connectivity index (χ3n) is 4.19. The fraction of sp³-hybridized carbons (Fsp3) is 0.647. The van der Waals surface area contributed by atoms with Crippen LogP contribution in [0, 0.1) is 0 Å². The molecule has 1 aromatic carbocycles. The zero-order valence-electron chi connectivity index (χ0n) is 14.1. The topological polar surface area (TPSA) is 0 Å². The Morgan fingerprint density at radius 3 is 1.30 bits per heavy atom. The Kier molecular flexibility index (Phi) is 4.92. The van der Waals surface area contributed by atoms with Crippen LogP contribution in [-0.2, 0) is 23.2 Å². The van der Waals surface area contributed by atoms with E-state index in [0.717, 1.165) is 0 Å². The van der Waals surface area contributed by atoms with Crippen LogP contribution in [0.15, 0.2) is 12.1 Å². The van der Waals surface area contributed by atoms with E-state index in [-0.39, 0.29) is 11.1 Å². The lowest BCUT2D eigenvalue weighted by Crippen LogP contribution is -2.27. The van der Waals surface area contributed by atoms with Gasteiger partial charge >= 0.3 is 12.4 Å². The van der Waals surface area contributed by atoms with Gasteiger partial charge in [0.25, 0.3) is 0 Å². The van der Waals surface area contributed by atoms with Crippen LogP contribution in [0.25, 0.3) is 0 Å². The molecule has 0 aliphatic carbocycles. The van der Waals surface area contributed by atoms with Gasteiger partial charge in [-0.25, -0.2) is 0 Å². The van der Waals surface area contributed by atoms with Crippen molar-refractivity contribution in [3.05, 3.63) is 34.4 Å². The lowest BCUT2D eigenvalue weighted by Gasteiger charge is -2.32. The molecule has 0 bridgehead atoms. The van der Waals surface area contributed by atoms with Gasteiger partial charge < -0.3 is 0 Å². The van der Waals surface area contributed by atoms with E-state index in [2.05, 4.69) is 0 Å². The quantitative estimate of drug-likeness (QED) is 0.525. The van der Waals surface area contributed by atoms with Gasteiger partial charge in [-0.2, -0.15) is 26.3 Å². The minimum Gasteiger partial charge on any atom is -0.166 e. The molecule has 23 heavy (non-hydrogen) atoms. The van der Waals surface area contributed by atoms with Crippen LogP contribution < -0.4 is 0 Å². The molecule has 0 unspecified atom stereocenters. The second-order valence-corrected chi connectivity index (χ2v) is 7.43. The Labute approximate surface area is 132 Å². The van der Waals surface area contributed by atoms with E-state index in [4.69, 9.17) is 0 Å². The molecule has 0 spiro atoms. The van der Waals surface area contributed by atoms with Gasteiger partial charge in [0.05, 0.1) is 11.1 Å². The summed E-state index contributed by atoms with van der Waals surface area (Å²) in [4.78, 5) is 0. The van der Waals surface area contributed by atoms with E-state index in [1.165, 1.54) is 34.6 Å². The minimum absolute atomic E-state index is 0.294. The van der Waals surface area contributed by atoms with E-state index >= 15 is 0 Å². The summed E-state index contributed by atoms with van der Waals surface area (Å²) in [5.41, 5.74) is -4.70. The average Bonchev–Trinajstić information content (AvgIpc) is 2.34. The highest BCUT2D eigenvalue weighted by molar-refractivity contribution is 5.47. The molecule has 0 aliphatic heterocycles. The smallest absolute Gasteiger partial charge is 0.166 e. The predicted molar refractivity (Wildman–Crippen MR) is 78.5 cm³/mol. The minimum atomic E-state index is -4.70. The van der Waals surface area contributed by atoms with Crippen LogP contribution in [0.4, 0.5) is 26.3 Å². The van der Waals surface area contributed by atoms with Crippen molar-refractivity contribution >= 4 is 0 Å². The summed E-state index contributed by atoms with van der Waals surface area (Å²) in [6.07, 6.45) is -9.11. The predicted octanol–water partition coefficient (Wildman–Crippen LogP) is 6.71. The van der Waals surface area contributed by atoms with Crippen LogP contribution in [0.3, 0.4) is 0 Å². The van der Waals surface area contributed by atoms with Crippen molar-refractivity contribution in [3.8, 4) is 0 Å². The molecular formula is C17H22F6. The summed E-state index contributed by atoms with van der Waals surface area (Å²) in [7, 11) is 0. The van der Waals surface area contributed by atoms with Crippen molar-refractivity contribution in [2.45, 2.75) is 71.1 Å². The van der Waals surface area contributed by atoms with Gasteiger partial charge in [-0.1, -0.05) is 41.5 Å². The second-order valence-electron chi connectivity index (χ2n) is 7.43. The van der Waals surface area contributed by atoms with E-state index < -0.39 is 34.3 Å². The molecule has 0 nitrogen and oxygen atoms in total. The average molecular weight is 340 g/mol. The summed E-state index contributed by atoms with van der Waals surface area (Å²) >= 11 is 0. The van der Waals surface area contributed by atoms with E-state index in [1.54, 1.807) is 6.92 Å². The van der Waals surface area contributed by atoms with Crippen molar-refractivity contribution in [2.24, 2.45) is 0 Å². The van der Waals surface area contributed by atoms with Gasteiger partial charge in [-0.15, -0.1) is 0 Å². The first-order valence-electron chi connectivity index (χ1n) is 7.35. The molecule has 0 radical (unpaired) electrons. The molecule has 0 amide bonds. The zero-order chi connectivity index (χ0) is 18.4. The first-order chi connectivity index (χ1) is 10.0. The number of benzene rings is 1. The molecule has 0 saturated heterocycles. The highest BCUT2D eigenvalue weighted by Crippen LogP contribution is 2.46. The molecule has 0 aliphatic rings. The number of hydrogen-bond acceptors (Lipinski definition) is 0. The first kappa shape index (κ1) is 19.8. The SMILES string of the molecule is CCC(C)(C)c1cc(C(F)(F)F)c(C(C)(C)C)cc1C(F)(F)F. The Balaban J connectivity index is 3.92. The van der Waals surface area contributed by atoms with Crippen molar-refractivity contribution in [1.82, 2.24) is 0 Å². The van der Waals surface area contributed by atoms with Crippen LogP contribution in [0.5, 0.6) is 0 Å². The summed E-state index contributed by atoms with van der Waals surface area (Å²) in [5, 5.41) is 0. The maximum Gasteiger partial charge on any atom is 0.416 e. The Hall–Kier alpha value is -1.20. The monoisotopic (exact) mass is 340 g/mol. The second kappa shape index (κ2) is 5.71. The van der Waals surface area contributed by atoms with Gasteiger partial charge in [-0.05, 0) is 40.5 Å². The molecule has 132 valence electrons. The molecule has 1 aromatic rings. The fourth-order valence-electron chi connectivity index (χ4n) is 2.44. The Morgan fingerprint density at radius 1 is 0.652 bits per heavy atom. The van der Waals surface area contributed by atoms with E-state index in [9.17, 15) is 26.3 Å². The van der Waals surface area contributed by atoms with Crippen LogP contribution in [0.1, 0.15) is 70.2 Å². The summed E-state index contributed by atoms with van der Waals surface area (Å²) in [5.74, 6) is 0. The molecule has 6 heteroatoms. The molecule has 0 fully saturated rings. The number of halogens is 6. The summed E-state index contributed by atoms with van der Waals surface area (Å²) in [6.45, 7) is 9.13. The number of alkyl halides is 6. The molecule has 0 aromatic heterocycles. The standard InChI is InChI=1S/C17H22F6/c1-7-15(5,6)11-9-12(16(18,19)20)10(14(2,3)4)8-13(11)17(21,22)23/h8-9H,7H2,1-6H3. The highest BCUT2D eigenvalue weighted by Gasteiger charge is 2.43. The van der Waals surface area contributed by atoms with Crippen molar-refractivity contribution in [2.75, 3.05) is 0 Å². The van der Waals surface area contributed by atoms with E-state index in [0.29, 0.717) is 18.6 Å². The molecule has 0 saturated carbocycles. The third kappa shape index (κ3) is 4.21. The molecule has 0 heterocycles. The highest BCUT2D eigenvalue weighted by atomic mass is 19.4. The van der Waals surface area contributed by atoms with Gasteiger partial charge in [0, 0.05) is 0 Å². The third-order valence-corrected chi connectivity index (χ3v) is 4.19. The van der Waals surface area contributed by atoms with Gasteiger partial charge in [0.15, 0.2) is 0 Å². The maximum absolute atomic E-state index is 13.4. The lowest BCUT2D eigenvalue weighted by molar-refractivity contribution is -0.143. The van der Waals surface area contributed by atoms with Crippen molar-refractivity contribution in [3.63, 3.8) is 0 Å². The van der Waals surface area contributed by atoms with Crippen LogP contribution >= 0.6 is 0 Å². The first-order valence-corrected chi connectivity index (χ1v) is 7.35. The molecular weight excluding hydrogens is 318 g/mol. The van der Waals surface area contributed by atoms with Gasteiger partial charge in [0.2, 0.25) is 0 Å². The Bertz CT molecular complexity index is 570. The van der Waals surface area contributed by atoms with Crippen molar-refractivity contribution in [1.29, 1.82) is 0 Å². The largest absolute Gasteiger partial charge is 0.416 e. The normalized spacial score (nSPS) is 14.3. The molecule has 0 atom stereocenters. The lowest BCUT2D eigenvalue weighted by atomic mass is 9.74. The molecule has 0 N–H and O–H groups in total. The summed E-state index contributed by atoms with van der Waals surface area (Å²) in [6, 6.07) is 1.36. The summed E-state index contributed by atoms with van der Waals surface area (Å²) < 4.78 is 80.5. The molecule has 1 rings (SSSR count). The van der Waals surface area contributed by atoms with Crippen LogP contribution in [-0.4, -0.2) is 0 Å². The maximum atomic E-state index is 13.4. The number of hydrogen-bond donors (Lipinski definition) is 0. The van der Waals surface area contributed by atoms with Crippen molar-refractivity contribution < 1.29 is 26.3 Å².